The molecule has 13 heteroatoms. The topological polar surface area (TPSA) is 171 Å². The van der Waals surface area contributed by atoms with Gasteiger partial charge in [0.2, 0.25) is 0 Å². The minimum atomic E-state index is -4.44. The molecule has 0 aliphatic carbocycles. The molecule has 29 heavy (non-hydrogen) atoms. The average molecular weight is 548 g/mol. The van der Waals surface area contributed by atoms with E-state index in [9.17, 15) is 34.4 Å². The number of aliphatic hydroxyl groups is 3. The molecule has 2 unspecified atom stereocenters. The van der Waals surface area contributed by atoms with E-state index < -0.39 is 54.3 Å². The lowest BCUT2D eigenvalue weighted by Crippen LogP contribution is -2.39. The van der Waals surface area contributed by atoms with Gasteiger partial charge in [-0.2, -0.15) is 0 Å². The summed E-state index contributed by atoms with van der Waals surface area (Å²) in [4.78, 5) is 35.8. The Morgan fingerprint density at radius 2 is 1.90 bits per heavy atom. The lowest BCUT2D eigenvalue weighted by atomic mass is 9.97. The molecule has 0 aromatic carbocycles. The molecule has 0 saturated carbocycles. The van der Waals surface area contributed by atoms with Crippen LogP contribution in [0.3, 0.4) is 0 Å². The van der Waals surface area contributed by atoms with Crippen LogP contribution in [0.5, 0.6) is 0 Å². The lowest BCUT2D eigenvalue weighted by Gasteiger charge is -2.35. The zero-order valence-corrected chi connectivity index (χ0v) is 19.5. The first-order chi connectivity index (χ1) is 13.1. The predicted molar refractivity (Wildman–Crippen MR) is 110 cm³/mol. The Bertz CT molecular complexity index is 912. The average Bonchev–Trinajstić information content (AvgIpc) is 2.84. The van der Waals surface area contributed by atoms with Crippen LogP contribution in [0.2, 0.25) is 0 Å². The van der Waals surface area contributed by atoms with E-state index in [0.29, 0.717) is 0 Å². The number of hydrogen-bond acceptors (Lipinski definition) is 8. The molecule has 0 bridgehead atoms. The molecule has 2 heterocycles. The summed E-state index contributed by atoms with van der Waals surface area (Å²) in [6.07, 6.45) is -4.18. The molecule has 1 aromatic rings. The van der Waals surface area contributed by atoms with Crippen molar-refractivity contribution in [2.24, 2.45) is 0 Å². The van der Waals surface area contributed by atoms with E-state index in [2.05, 4.69) is 4.98 Å². The molecule has 1 aromatic heterocycles. The van der Waals surface area contributed by atoms with Gasteiger partial charge in [0.1, 0.15) is 12.2 Å². The quantitative estimate of drug-likeness (QED) is 0.237. The predicted octanol–water partition coefficient (Wildman–Crippen LogP) is 0.250. The third-order valence-electron chi connectivity index (χ3n) is 4.88. The first kappa shape index (κ1) is 24.7. The van der Waals surface area contributed by atoms with E-state index >= 15 is 0 Å². The highest BCUT2D eigenvalue weighted by atomic mass is 127. The van der Waals surface area contributed by atoms with Gasteiger partial charge in [-0.25, -0.2) is 4.79 Å². The molecule has 5 N–H and O–H groups in total. The number of ether oxygens (including phenoxy) is 1. The smallest absolute Gasteiger partial charge is 0.359 e. The highest BCUT2D eigenvalue weighted by Gasteiger charge is 2.50. The zero-order valence-electron chi connectivity index (χ0n) is 16.4. The Morgan fingerprint density at radius 3 is 2.45 bits per heavy atom. The Morgan fingerprint density at radius 1 is 1.31 bits per heavy atom. The highest BCUT2D eigenvalue weighted by Crippen LogP contribution is 2.58. The number of nitrogens with zero attached hydrogens (tertiary/aromatic N) is 1. The molecule has 0 spiro atoms. The van der Waals surface area contributed by atoms with E-state index in [4.69, 9.17) is 9.26 Å². The molecule has 1 fully saturated rings. The van der Waals surface area contributed by atoms with Crippen molar-refractivity contribution < 1.29 is 34.0 Å². The van der Waals surface area contributed by atoms with Gasteiger partial charge in [-0.1, -0.05) is 6.92 Å². The zero-order chi connectivity index (χ0) is 22.4. The minimum absolute atomic E-state index is 0.0199. The minimum Gasteiger partial charge on any atom is -0.388 e. The Balaban J connectivity index is 2.22. The second-order valence-corrected chi connectivity index (χ2v) is 11.2. The molecule has 2 rings (SSSR count). The summed E-state index contributed by atoms with van der Waals surface area (Å²) < 4.78 is 24.5. The number of aliphatic hydroxyl groups excluding tert-OH is 2. The molecule has 0 amide bonds. The van der Waals surface area contributed by atoms with Crippen LogP contribution in [0.25, 0.3) is 0 Å². The van der Waals surface area contributed by atoms with E-state index in [0.717, 1.165) is 4.57 Å². The fraction of sp³-hybridized carbons (Fsp3) is 0.750. The van der Waals surface area contributed by atoms with Crippen molar-refractivity contribution >= 4 is 30.2 Å². The number of nitrogens with one attached hydrogen (secondary N) is 1. The third-order valence-corrected chi connectivity index (χ3v) is 7.92. The number of H-pyrrole nitrogens is 1. The maximum atomic E-state index is 12.5. The van der Waals surface area contributed by atoms with Gasteiger partial charge in [-0.05, 0) is 49.8 Å². The van der Waals surface area contributed by atoms with Gasteiger partial charge in [0.25, 0.3) is 5.56 Å². The summed E-state index contributed by atoms with van der Waals surface area (Å²) in [6, 6.07) is 0. The van der Waals surface area contributed by atoms with E-state index in [1.807, 2.05) is 0 Å². The maximum absolute atomic E-state index is 12.5. The van der Waals surface area contributed by atoms with Crippen LogP contribution in [0.4, 0.5) is 0 Å². The fourth-order valence-electron chi connectivity index (χ4n) is 2.93. The van der Waals surface area contributed by atoms with Crippen LogP contribution in [0, 0.1) is 3.57 Å². The third kappa shape index (κ3) is 5.18. The Kier molecular flexibility index (Phi) is 7.23. The van der Waals surface area contributed by atoms with Gasteiger partial charge in [0.05, 0.1) is 15.3 Å². The van der Waals surface area contributed by atoms with Crippen molar-refractivity contribution in [2.75, 3.05) is 0 Å². The fourth-order valence-corrected chi connectivity index (χ4v) is 4.71. The van der Waals surface area contributed by atoms with Crippen LogP contribution in [0.1, 0.15) is 46.8 Å². The lowest BCUT2D eigenvalue weighted by molar-refractivity contribution is -0.0665. The highest BCUT2D eigenvalue weighted by molar-refractivity contribution is 14.1. The number of aromatic amines is 1. The summed E-state index contributed by atoms with van der Waals surface area (Å²) in [5.41, 5.74) is -2.73. The van der Waals surface area contributed by atoms with E-state index in [1.54, 1.807) is 22.6 Å². The molecule has 11 nitrogen and oxygen atoms in total. The summed E-state index contributed by atoms with van der Waals surface area (Å²) in [5, 5.41) is 28.9. The summed E-state index contributed by atoms with van der Waals surface area (Å²) >= 11 is 1.71. The molecule has 1 aliphatic rings. The number of aromatic nitrogens is 2. The standard InChI is InChI=1S/C16H26IN2O9P/c1-5-16(4,24)29(25,26)28-15(2,3)6-9-10(20)11(21)13(27-9)19-7-8(17)12(22)18-14(19)23/h7,9-11,13,20-21,24H,5-6H2,1-4H3,(H,25,26)(H,18,22,23)/t9-,10-,11-,13-,16?/m1/s1. The monoisotopic (exact) mass is 548 g/mol. The number of rotatable bonds is 7. The number of hydrogen-bond donors (Lipinski definition) is 5. The molecular weight excluding hydrogens is 522 g/mol. The van der Waals surface area contributed by atoms with Crippen molar-refractivity contribution in [3.05, 3.63) is 30.6 Å². The van der Waals surface area contributed by atoms with E-state index in [1.165, 1.54) is 33.9 Å². The van der Waals surface area contributed by atoms with Crippen LogP contribution in [-0.2, 0) is 13.8 Å². The number of halogens is 1. The second-order valence-electron chi connectivity index (χ2n) is 7.84. The SMILES string of the molecule is CCC(C)(O)P(=O)(O)OC(C)(C)C[C@H]1O[C@@H](n2cc(I)c(=O)[nH]c2=O)[C@H](O)[C@@H]1O. The van der Waals surface area contributed by atoms with Gasteiger partial charge in [0, 0.05) is 12.6 Å². The molecule has 166 valence electrons. The van der Waals surface area contributed by atoms with Crippen molar-refractivity contribution in [3.8, 4) is 0 Å². The first-order valence-electron chi connectivity index (χ1n) is 8.90. The van der Waals surface area contributed by atoms with Crippen molar-refractivity contribution in [1.29, 1.82) is 0 Å². The van der Waals surface area contributed by atoms with Crippen molar-refractivity contribution in [2.45, 2.75) is 76.0 Å². The van der Waals surface area contributed by atoms with Crippen molar-refractivity contribution in [3.63, 3.8) is 0 Å². The normalized spacial score (nSPS) is 29.4. The molecular formula is C16H26IN2O9P. The van der Waals surface area contributed by atoms with Gasteiger partial charge < -0.3 is 29.5 Å². The summed E-state index contributed by atoms with van der Waals surface area (Å²) in [6.45, 7) is 5.68. The van der Waals surface area contributed by atoms with Crippen LogP contribution in [-0.4, -0.2) is 59.0 Å². The van der Waals surface area contributed by atoms with Crippen molar-refractivity contribution in [1.82, 2.24) is 9.55 Å². The van der Waals surface area contributed by atoms with Gasteiger partial charge in [-0.15, -0.1) is 0 Å². The van der Waals surface area contributed by atoms with Gasteiger partial charge >= 0.3 is 13.3 Å². The van der Waals surface area contributed by atoms with Gasteiger partial charge in [-0.3, -0.25) is 18.9 Å². The second kappa shape index (κ2) is 8.50. The molecule has 1 aliphatic heterocycles. The van der Waals surface area contributed by atoms with Gasteiger partial charge in [0.15, 0.2) is 11.6 Å². The van der Waals surface area contributed by atoms with E-state index in [-0.39, 0.29) is 16.4 Å². The van der Waals surface area contributed by atoms with Crippen LogP contribution in [0.15, 0.2) is 15.8 Å². The maximum Gasteiger partial charge on any atom is 0.359 e. The summed E-state index contributed by atoms with van der Waals surface area (Å²) in [7, 11) is -4.44. The Hall–Kier alpha value is -0.600. The largest absolute Gasteiger partial charge is 0.388 e. The summed E-state index contributed by atoms with van der Waals surface area (Å²) in [5.74, 6) is 0. The molecule has 0 radical (unpaired) electrons. The Labute approximate surface area is 180 Å². The van der Waals surface area contributed by atoms with Crippen LogP contribution >= 0.6 is 30.2 Å². The molecule has 6 atom stereocenters. The first-order valence-corrected chi connectivity index (χ1v) is 11.6. The van der Waals surface area contributed by atoms with Crippen LogP contribution < -0.4 is 11.2 Å². The molecule has 1 saturated heterocycles.